The van der Waals surface area contributed by atoms with Crippen molar-refractivity contribution in [2.45, 2.75) is 104 Å². The summed E-state index contributed by atoms with van der Waals surface area (Å²) in [6.45, 7) is 35.3. The Morgan fingerprint density at radius 1 is 0.647 bits per heavy atom. The van der Waals surface area contributed by atoms with Crippen molar-refractivity contribution in [3.8, 4) is 0 Å². The molecular formula is C54H105N4O9S+. The predicted octanol–water partition coefficient (Wildman–Crippen LogP) is 10.9. The number of aldehydes is 2. The van der Waals surface area contributed by atoms with Gasteiger partial charge >= 0.3 is 0 Å². The maximum absolute atomic E-state index is 10.4. The van der Waals surface area contributed by atoms with Crippen molar-refractivity contribution in [3.05, 3.63) is 131 Å². The summed E-state index contributed by atoms with van der Waals surface area (Å²) in [5, 5.41) is 19.6. The largest absolute Gasteiger partial charge is 0.481 e. The number of nitrogens with one attached hydrogen (secondary N) is 2. The molecule has 0 spiro atoms. The lowest BCUT2D eigenvalue weighted by Gasteiger charge is -1.97. The number of amides is 1. The van der Waals surface area contributed by atoms with Crippen LogP contribution in [-0.4, -0.2) is 129 Å². The summed E-state index contributed by atoms with van der Waals surface area (Å²) in [5.41, 5.74) is 9.03. The van der Waals surface area contributed by atoms with E-state index in [1.165, 1.54) is 61.0 Å². The van der Waals surface area contributed by atoms with Gasteiger partial charge in [0.25, 0.3) is 5.97 Å². The first kappa shape index (κ1) is 96.7. The van der Waals surface area contributed by atoms with Gasteiger partial charge in [0.15, 0.2) is 11.5 Å². The first-order valence-corrected chi connectivity index (χ1v) is 22.3. The molecule has 6 N–H and O–H groups in total. The zero-order chi connectivity index (χ0) is 57.3. The first-order valence-electron chi connectivity index (χ1n) is 21.5. The van der Waals surface area contributed by atoms with Gasteiger partial charge < -0.3 is 45.6 Å². The molecule has 13 nitrogen and oxygen atoms in total. The van der Waals surface area contributed by atoms with Crippen molar-refractivity contribution in [2.24, 2.45) is 5.73 Å². The minimum atomic E-state index is -0.833. The lowest BCUT2D eigenvalue weighted by molar-refractivity contribution is -0.462. The number of aliphatic hydroxyl groups excluding tert-OH is 1. The van der Waals surface area contributed by atoms with Crippen LogP contribution < -0.4 is 16.4 Å². The van der Waals surface area contributed by atoms with Crippen LogP contribution in [0.25, 0.3) is 0 Å². The van der Waals surface area contributed by atoms with E-state index in [4.69, 9.17) is 24.6 Å². The predicted molar refractivity (Wildman–Crippen MR) is 304 cm³/mol. The number of aliphatic hydroxyl groups is 1. The Bertz CT molecular complexity index is 1340. The number of allylic oxidation sites excluding steroid dienone is 16. The Hall–Kier alpha value is -5.22. The smallest absolute Gasteiger partial charge is 0.300 e. The summed E-state index contributed by atoms with van der Waals surface area (Å²) in [7, 11) is 18.4. The van der Waals surface area contributed by atoms with Gasteiger partial charge in [-0.25, -0.2) is 4.58 Å². The minimum absolute atomic E-state index is 0.00463. The Labute approximate surface area is 422 Å². The molecule has 0 bridgehead atoms. The second-order valence-electron chi connectivity index (χ2n) is 11.7. The molecule has 0 unspecified atom stereocenters. The zero-order valence-corrected chi connectivity index (χ0v) is 48.7. The fourth-order valence-corrected chi connectivity index (χ4v) is 2.62. The molecule has 68 heavy (non-hydrogen) atoms. The zero-order valence-electron chi connectivity index (χ0n) is 47.9. The van der Waals surface area contributed by atoms with Crippen LogP contribution in [-0.2, 0) is 33.4 Å². The third-order valence-corrected chi connectivity index (χ3v) is 5.76. The van der Waals surface area contributed by atoms with Gasteiger partial charge in [-0.2, -0.15) is 0 Å². The Balaban J connectivity index is -0.0000000444. The number of ether oxygens (including phenoxy) is 2. The maximum atomic E-state index is 10.4. The van der Waals surface area contributed by atoms with E-state index in [-0.39, 0.29) is 11.7 Å². The number of ketones is 1. The van der Waals surface area contributed by atoms with Gasteiger partial charge in [-0.15, -0.1) is 11.3 Å². The summed E-state index contributed by atoms with van der Waals surface area (Å²) in [5.74, 6) is -0.789. The summed E-state index contributed by atoms with van der Waals surface area (Å²) < 4.78 is 10.6. The van der Waals surface area contributed by atoms with Gasteiger partial charge in [-0.3, -0.25) is 14.4 Å². The van der Waals surface area contributed by atoms with Gasteiger partial charge in [0.2, 0.25) is 5.91 Å². The molecule has 400 valence electrons. The molecule has 3 rings (SSSR count). The van der Waals surface area contributed by atoms with Gasteiger partial charge in [0, 0.05) is 78.4 Å². The van der Waals surface area contributed by atoms with Crippen LogP contribution in [0.4, 0.5) is 0 Å². The van der Waals surface area contributed by atoms with Crippen molar-refractivity contribution < 1.29 is 48.2 Å². The van der Waals surface area contributed by atoms with Crippen LogP contribution in [0.15, 0.2) is 121 Å². The summed E-state index contributed by atoms with van der Waals surface area (Å²) >= 11 is 1.84. The fraction of sp³-hybridized carbons (Fsp3) is 0.481. The van der Waals surface area contributed by atoms with Crippen LogP contribution in [0.1, 0.15) is 99.8 Å². The Kier molecular flexibility index (Phi) is 148. The second kappa shape index (κ2) is 104. The molecular weight excluding hydrogens is 881 g/mol. The molecule has 0 aromatic carbocycles. The molecule has 0 radical (unpaired) electrons. The Morgan fingerprint density at radius 3 is 0.941 bits per heavy atom. The number of carbonyl (C=O) groups excluding carboxylic acids is 4. The molecule has 2 aliphatic carbocycles. The highest BCUT2D eigenvalue weighted by atomic mass is 32.1. The second-order valence-corrected chi connectivity index (χ2v) is 13.2. The van der Waals surface area contributed by atoms with Crippen LogP contribution in [0.3, 0.4) is 0 Å². The van der Waals surface area contributed by atoms with E-state index in [1.54, 1.807) is 47.6 Å². The van der Waals surface area contributed by atoms with Crippen molar-refractivity contribution in [3.63, 3.8) is 0 Å². The minimum Gasteiger partial charge on any atom is -0.481 e. The lowest BCUT2D eigenvalue weighted by Crippen LogP contribution is -2.11. The van der Waals surface area contributed by atoms with Gasteiger partial charge in [0.1, 0.15) is 26.7 Å². The van der Waals surface area contributed by atoms with Crippen LogP contribution >= 0.6 is 11.3 Å². The number of methoxy groups -OCH3 is 2. The molecule has 0 atom stereocenters. The average Bonchev–Trinajstić information content (AvgIpc) is 3.70. The maximum Gasteiger partial charge on any atom is 0.300 e. The highest BCUT2D eigenvalue weighted by Crippen LogP contribution is 2.12. The number of nitrogens with two attached hydrogens (primary N) is 1. The van der Waals surface area contributed by atoms with E-state index in [0.717, 1.165) is 37.8 Å². The number of aryl methyl sites for hydroxylation is 2. The van der Waals surface area contributed by atoms with Crippen molar-refractivity contribution >= 4 is 47.3 Å². The molecule has 0 saturated carbocycles. The molecule has 0 fully saturated rings. The average molecular weight is 987 g/mol. The van der Waals surface area contributed by atoms with Gasteiger partial charge in [0.05, 0.1) is 0 Å². The van der Waals surface area contributed by atoms with E-state index in [9.17, 15) is 9.59 Å². The third kappa shape index (κ3) is 190. The Morgan fingerprint density at radius 2 is 0.838 bits per heavy atom. The molecule has 0 aliphatic heterocycles. The van der Waals surface area contributed by atoms with Crippen molar-refractivity contribution in [1.29, 1.82) is 0 Å². The number of nitrogens with zero attached hydrogens (tertiary/aromatic N) is 1. The number of hydrogen-bond donors (Lipinski definition) is 5. The fourth-order valence-electron chi connectivity index (χ4n) is 1.84. The highest BCUT2D eigenvalue weighted by molar-refractivity contribution is 7.11. The molecule has 1 heterocycles. The summed E-state index contributed by atoms with van der Waals surface area (Å²) in [6.07, 6.45) is 26.1. The summed E-state index contributed by atoms with van der Waals surface area (Å²) in [4.78, 5) is 49.5. The number of hydrogen-bond acceptors (Lipinski definition) is 11. The van der Waals surface area contributed by atoms with Gasteiger partial charge in [-0.1, -0.05) is 75.1 Å². The number of thiophene rings is 1. The van der Waals surface area contributed by atoms with Crippen molar-refractivity contribution in [2.75, 3.05) is 77.8 Å². The van der Waals surface area contributed by atoms with Crippen LogP contribution in [0.2, 0.25) is 0 Å². The van der Waals surface area contributed by atoms with E-state index < -0.39 is 5.97 Å². The van der Waals surface area contributed by atoms with Crippen molar-refractivity contribution in [1.82, 2.24) is 10.6 Å². The molecule has 14 heteroatoms. The topological polar surface area (TPSA) is 197 Å². The molecule has 2 aliphatic rings. The number of carboxylic acids is 1. The lowest BCUT2D eigenvalue weighted by atomic mass is 10.1. The van der Waals surface area contributed by atoms with Crippen LogP contribution in [0.5, 0.6) is 0 Å². The van der Waals surface area contributed by atoms with E-state index in [2.05, 4.69) is 102 Å². The molecule has 1 aromatic rings. The third-order valence-electron chi connectivity index (χ3n) is 4.85. The normalized spacial score (nSPS) is 9.35. The molecule has 1 amide bonds. The SMILES string of the molecule is C=C1C=CC(=O)C=C1.C=C1C=CC(=[N+](C)C)C=C1.CC.CC(=O)O.CC=C(C)C.CC=CC.CC=CC.CC=O.CC=O.CN.CNC.CNC(C)=O.CO.COC.COC.Cc1ccc(C)s1. The number of rotatable bonds is 0. The van der Waals surface area contributed by atoms with E-state index >= 15 is 0 Å². The number of aliphatic carboxylic acids is 1. The number of carbonyl (C=O) groups is 5. The molecule has 1 aromatic heterocycles. The van der Waals surface area contributed by atoms with E-state index in [1.807, 2.05) is 124 Å². The molecule has 0 saturated heterocycles. The number of carboxylic acid groups (broad SMARTS) is 1. The highest BCUT2D eigenvalue weighted by Gasteiger charge is 2.01. The first-order chi connectivity index (χ1) is 31.9. The summed E-state index contributed by atoms with van der Waals surface area (Å²) in [6, 6.07) is 4.28. The van der Waals surface area contributed by atoms with Gasteiger partial charge in [-0.05, 0) is 145 Å². The monoisotopic (exact) mass is 986 g/mol. The van der Waals surface area contributed by atoms with Crippen LogP contribution in [0, 0.1) is 13.8 Å². The van der Waals surface area contributed by atoms with E-state index in [0.29, 0.717) is 0 Å². The standard InChI is InChI=1S/C9H12N.C7H6O.C6H8S.C5H10.2C4H8.C3H7NO.C2H7N.C2H4O2.2C2H6O.2C2H4O.C2H6.CH5N.CH4O/c1-8-4-6-9(7-5-8)10(2)3;1-6-2-4-7(8)5-3-6;1-5-3-4-6(2)7-5;1-4-5(2)3;2*1-3-4-2;1-3(5)4-2;1-3-2;1-2(3)4;2*1-3-2;2*1-2-3;3*1-2/h4-7H,1H2,2-3H3;2-5H,1H2;3-4H,1-2H3;4H,1-3H3;2*3-4H,1-2H3;1-2H3,(H,4,5);3H,1-2H3;1H3,(H,3,4);2*1-2H3;2*2H,1H3;1-2H3;2H2,1H3;2H,1H3/q+1;;;;;;;;;;;;;;;. The quantitative estimate of drug-likeness (QED) is 0.0942.